The third-order valence-corrected chi connectivity index (χ3v) is 4.07. The molecule has 116 valence electrons. The van der Waals surface area contributed by atoms with E-state index in [4.69, 9.17) is 17.3 Å². The van der Waals surface area contributed by atoms with Gasteiger partial charge in [0.1, 0.15) is 0 Å². The summed E-state index contributed by atoms with van der Waals surface area (Å²) in [6, 6.07) is 5.03. The molecular formula is C16H24ClN3O. The summed E-state index contributed by atoms with van der Waals surface area (Å²) in [5.74, 6) is 0.742. The summed E-state index contributed by atoms with van der Waals surface area (Å²) in [4.78, 5) is 16.8. The van der Waals surface area contributed by atoms with E-state index in [1.165, 1.54) is 6.42 Å². The van der Waals surface area contributed by atoms with Crippen LogP contribution in [0.4, 0.5) is 5.69 Å². The molecule has 5 heteroatoms. The van der Waals surface area contributed by atoms with Crippen molar-refractivity contribution in [2.75, 3.05) is 38.5 Å². The van der Waals surface area contributed by atoms with Crippen LogP contribution in [0.1, 0.15) is 30.6 Å². The Morgan fingerprint density at radius 3 is 2.48 bits per heavy atom. The molecule has 1 fully saturated rings. The summed E-state index contributed by atoms with van der Waals surface area (Å²) in [5.41, 5.74) is 6.86. The van der Waals surface area contributed by atoms with E-state index in [-0.39, 0.29) is 5.91 Å². The SMILES string of the molecule is CC(C)CCN1CCN(C(=O)c2cc(N)cc(Cl)c2)CC1. The highest BCUT2D eigenvalue weighted by Crippen LogP contribution is 2.19. The van der Waals surface area contributed by atoms with Gasteiger partial charge in [0.25, 0.3) is 5.91 Å². The molecule has 1 aromatic carbocycles. The van der Waals surface area contributed by atoms with Gasteiger partial charge in [-0.1, -0.05) is 25.4 Å². The average Bonchev–Trinajstić information content (AvgIpc) is 2.44. The van der Waals surface area contributed by atoms with Gasteiger partial charge in [-0.05, 0) is 37.1 Å². The van der Waals surface area contributed by atoms with Crippen LogP contribution >= 0.6 is 11.6 Å². The summed E-state index contributed by atoms with van der Waals surface area (Å²) >= 11 is 5.97. The highest BCUT2D eigenvalue weighted by atomic mass is 35.5. The Morgan fingerprint density at radius 2 is 1.90 bits per heavy atom. The summed E-state index contributed by atoms with van der Waals surface area (Å²) in [6.07, 6.45) is 1.21. The molecule has 0 saturated carbocycles. The number of carbonyl (C=O) groups is 1. The molecule has 0 aliphatic carbocycles. The number of nitrogens with zero attached hydrogens (tertiary/aromatic N) is 2. The van der Waals surface area contributed by atoms with Crippen molar-refractivity contribution in [3.05, 3.63) is 28.8 Å². The van der Waals surface area contributed by atoms with Gasteiger partial charge in [0.2, 0.25) is 0 Å². The molecule has 0 radical (unpaired) electrons. The number of halogens is 1. The first-order chi connectivity index (χ1) is 9.95. The lowest BCUT2D eigenvalue weighted by molar-refractivity contribution is 0.0632. The van der Waals surface area contributed by atoms with E-state index in [0.29, 0.717) is 16.3 Å². The summed E-state index contributed by atoms with van der Waals surface area (Å²) in [5, 5.41) is 0.508. The van der Waals surface area contributed by atoms with Crippen molar-refractivity contribution in [2.24, 2.45) is 5.92 Å². The molecule has 4 nitrogen and oxygen atoms in total. The van der Waals surface area contributed by atoms with Crippen molar-refractivity contribution in [3.63, 3.8) is 0 Å². The van der Waals surface area contributed by atoms with Gasteiger partial charge in [0.15, 0.2) is 0 Å². The molecular weight excluding hydrogens is 286 g/mol. The quantitative estimate of drug-likeness (QED) is 0.870. The first-order valence-electron chi connectivity index (χ1n) is 7.53. The summed E-state index contributed by atoms with van der Waals surface area (Å²) in [6.45, 7) is 9.01. The largest absolute Gasteiger partial charge is 0.399 e. The van der Waals surface area contributed by atoms with Crippen LogP contribution < -0.4 is 5.73 Å². The van der Waals surface area contributed by atoms with Gasteiger partial charge < -0.3 is 10.6 Å². The van der Waals surface area contributed by atoms with Gasteiger partial charge in [-0.25, -0.2) is 0 Å². The second-order valence-electron chi connectivity index (χ2n) is 6.09. The Labute approximate surface area is 131 Å². The minimum Gasteiger partial charge on any atom is -0.399 e. The van der Waals surface area contributed by atoms with Crippen LogP contribution in [-0.4, -0.2) is 48.4 Å². The number of nitrogen functional groups attached to an aromatic ring is 1. The molecule has 1 aliphatic rings. The molecule has 1 heterocycles. The maximum Gasteiger partial charge on any atom is 0.254 e. The molecule has 0 bridgehead atoms. The van der Waals surface area contributed by atoms with Crippen LogP contribution in [0, 0.1) is 5.92 Å². The monoisotopic (exact) mass is 309 g/mol. The lowest BCUT2D eigenvalue weighted by Gasteiger charge is -2.35. The Kier molecular flexibility index (Phi) is 5.48. The van der Waals surface area contributed by atoms with E-state index in [0.717, 1.165) is 38.6 Å². The highest BCUT2D eigenvalue weighted by Gasteiger charge is 2.22. The minimum atomic E-state index is 0.0210. The fourth-order valence-electron chi connectivity index (χ4n) is 2.53. The van der Waals surface area contributed by atoms with Gasteiger partial charge in [0, 0.05) is 42.5 Å². The normalized spacial score (nSPS) is 16.5. The smallest absolute Gasteiger partial charge is 0.254 e. The molecule has 0 aromatic heterocycles. The highest BCUT2D eigenvalue weighted by molar-refractivity contribution is 6.31. The molecule has 1 saturated heterocycles. The van der Waals surface area contributed by atoms with Gasteiger partial charge in [-0.3, -0.25) is 9.69 Å². The maximum absolute atomic E-state index is 12.5. The van der Waals surface area contributed by atoms with Crippen LogP contribution in [0.5, 0.6) is 0 Å². The number of hydrogen-bond donors (Lipinski definition) is 1. The molecule has 21 heavy (non-hydrogen) atoms. The van der Waals surface area contributed by atoms with Crippen molar-refractivity contribution in [2.45, 2.75) is 20.3 Å². The van der Waals surface area contributed by atoms with Crippen molar-refractivity contribution in [1.29, 1.82) is 0 Å². The van der Waals surface area contributed by atoms with Crippen LogP contribution in [0.25, 0.3) is 0 Å². The second kappa shape index (κ2) is 7.14. The van der Waals surface area contributed by atoms with Crippen LogP contribution in [0.15, 0.2) is 18.2 Å². The molecule has 0 unspecified atom stereocenters. The summed E-state index contributed by atoms with van der Waals surface area (Å²) in [7, 11) is 0. The van der Waals surface area contributed by atoms with Gasteiger partial charge >= 0.3 is 0 Å². The van der Waals surface area contributed by atoms with Crippen molar-refractivity contribution in [3.8, 4) is 0 Å². The Hall–Kier alpha value is -1.26. The number of piperazine rings is 1. The van der Waals surface area contributed by atoms with Gasteiger partial charge in [-0.2, -0.15) is 0 Å². The van der Waals surface area contributed by atoms with E-state index >= 15 is 0 Å². The average molecular weight is 310 g/mol. The number of nitrogens with two attached hydrogens (primary N) is 1. The minimum absolute atomic E-state index is 0.0210. The van der Waals surface area contributed by atoms with E-state index < -0.39 is 0 Å². The van der Waals surface area contributed by atoms with E-state index in [9.17, 15) is 4.79 Å². The molecule has 0 atom stereocenters. The van der Waals surface area contributed by atoms with Crippen LogP contribution in [0.3, 0.4) is 0 Å². The van der Waals surface area contributed by atoms with Gasteiger partial charge in [-0.15, -0.1) is 0 Å². The van der Waals surface area contributed by atoms with E-state index in [2.05, 4.69) is 18.7 Å². The summed E-state index contributed by atoms with van der Waals surface area (Å²) < 4.78 is 0. The molecule has 2 N–H and O–H groups in total. The Morgan fingerprint density at radius 1 is 1.24 bits per heavy atom. The van der Waals surface area contributed by atoms with Crippen molar-refractivity contribution < 1.29 is 4.79 Å². The first kappa shape index (κ1) is 16.1. The number of amides is 1. The second-order valence-corrected chi connectivity index (χ2v) is 6.53. The topological polar surface area (TPSA) is 49.6 Å². The molecule has 0 spiro atoms. The first-order valence-corrected chi connectivity index (χ1v) is 7.91. The Bertz CT molecular complexity index is 476. The lowest BCUT2D eigenvalue weighted by atomic mass is 10.1. The fourth-order valence-corrected chi connectivity index (χ4v) is 2.78. The van der Waals surface area contributed by atoms with Crippen LogP contribution in [-0.2, 0) is 0 Å². The number of carbonyl (C=O) groups excluding carboxylic acids is 1. The fraction of sp³-hybridized carbons (Fsp3) is 0.562. The number of rotatable bonds is 4. The van der Waals surface area contributed by atoms with Crippen LogP contribution in [0.2, 0.25) is 5.02 Å². The third kappa shape index (κ3) is 4.61. The Balaban J connectivity index is 1.91. The predicted molar refractivity (Wildman–Crippen MR) is 87.7 cm³/mol. The molecule has 1 aliphatic heterocycles. The number of benzene rings is 1. The number of hydrogen-bond acceptors (Lipinski definition) is 3. The number of anilines is 1. The molecule has 1 aromatic rings. The van der Waals surface area contributed by atoms with Crippen molar-refractivity contribution >= 4 is 23.2 Å². The third-order valence-electron chi connectivity index (χ3n) is 3.85. The maximum atomic E-state index is 12.5. The van der Waals surface area contributed by atoms with Gasteiger partial charge in [0.05, 0.1) is 0 Å². The zero-order valence-corrected chi connectivity index (χ0v) is 13.6. The zero-order valence-electron chi connectivity index (χ0n) is 12.8. The lowest BCUT2D eigenvalue weighted by Crippen LogP contribution is -2.49. The molecule has 2 rings (SSSR count). The predicted octanol–water partition coefficient (Wildman–Crippen LogP) is 2.73. The molecule has 1 amide bonds. The zero-order chi connectivity index (χ0) is 15.4. The standard InChI is InChI=1S/C16H24ClN3O/c1-12(2)3-4-19-5-7-20(8-6-19)16(21)13-9-14(17)11-15(18)10-13/h9-12H,3-8,18H2,1-2H3. The van der Waals surface area contributed by atoms with E-state index in [1.807, 2.05) is 4.90 Å². The van der Waals surface area contributed by atoms with Crippen molar-refractivity contribution in [1.82, 2.24) is 9.80 Å². The van der Waals surface area contributed by atoms with E-state index in [1.54, 1.807) is 18.2 Å².